The third kappa shape index (κ3) is 1.88. The minimum atomic E-state index is -1.06. The van der Waals surface area contributed by atoms with Gasteiger partial charge in [-0.2, -0.15) is 17.0 Å². The Balaban J connectivity index is 1.69. The lowest BCUT2D eigenvalue weighted by Gasteiger charge is -2.63. The number of carbonyl (C=O) groups excluding carboxylic acids is 1. The van der Waals surface area contributed by atoms with Crippen molar-refractivity contribution in [3.05, 3.63) is 35.9 Å². The van der Waals surface area contributed by atoms with E-state index in [1.807, 2.05) is 30.0 Å². The van der Waals surface area contributed by atoms with Crippen molar-refractivity contribution in [2.45, 2.75) is 42.8 Å². The third-order valence-corrected chi connectivity index (χ3v) is 9.83. The summed E-state index contributed by atoms with van der Waals surface area (Å²) in [6.07, 6.45) is 6.15. The molecule has 2 atom stereocenters. The van der Waals surface area contributed by atoms with Gasteiger partial charge in [0, 0.05) is 11.7 Å². The predicted octanol–water partition coefficient (Wildman–Crippen LogP) is 4.39. The van der Waals surface area contributed by atoms with Gasteiger partial charge in [-0.25, -0.2) is 0 Å². The Bertz CT molecular complexity index is 742. The SMILES string of the molecule is COC(=O)[C@]1(C#N)[C@@H](c2ccccc2)CSC12C1CC3CC(C1)CC2C3. The molecule has 6 rings (SSSR count). The average molecular weight is 368 g/mol. The number of nitrogens with zero attached hydrogens (tertiary/aromatic N) is 1. The molecule has 0 aromatic heterocycles. The number of methoxy groups -OCH3 is 1. The molecule has 1 heterocycles. The van der Waals surface area contributed by atoms with Crippen molar-refractivity contribution < 1.29 is 9.53 Å². The lowest BCUT2D eigenvalue weighted by molar-refractivity contribution is -0.159. The van der Waals surface area contributed by atoms with E-state index in [0.29, 0.717) is 11.8 Å². The molecule has 0 N–H and O–H groups in total. The zero-order chi connectivity index (χ0) is 17.9. The first-order valence-corrected chi connectivity index (χ1v) is 10.8. The number of nitriles is 1. The maximum Gasteiger partial charge on any atom is 0.328 e. The van der Waals surface area contributed by atoms with Gasteiger partial charge in [0.15, 0.2) is 5.41 Å². The Hall–Kier alpha value is -1.47. The first-order chi connectivity index (χ1) is 12.7. The van der Waals surface area contributed by atoms with Crippen LogP contribution in [-0.4, -0.2) is 23.6 Å². The maximum absolute atomic E-state index is 13.3. The van der Waals surface area contributed by atoms with Crippen LogP contribution in [-0.2, 0) is 9.53 Å². The van der Waals surface area contributed by atoms with Crippen molar-refractivity contribution >= 4 is 17.7 Å². The molecule has 3 nitrogen and oxygen atoms in total. The monoisotopic (exact) mass is 367 g/mol. The van der Waals surface area contributed by atoms with E-state index >= 15 is 0 Å². The fourth-order valence-electron chi connectivity index (χ4n) is 7.20. The molecule has 136 valence electrons. The Morgan fingerprint density at radius 2 is 1.73 bits per heavy atom. The molecule has 5 aliphatic rings. The van der Waals surface area contributed by atoms with Gasteiger partial charge < -0.3 is 4.74 Å². The van der Waals surface area contributed by atoms with E-state index in [2.05, 4.69) is 18.2 Å². The summed E-state index contributed by atoms with van der Waals surface area (Å²) in [4.78, 5) is 13.3. The van der Waals surface area contributed by atoms with Gasteiger partial charge in [0.05, 0.1) is 17.9 Å². The van der Waals surface area contributed by atoms with E-state index in [9.17, 15) is 10.1 Å². The van der Waals surface area contributed by atoms with Crippen LogP contribution in [0, 0.1) is 40.4 Å². The molecule has 0 unspecified atom stereocenters. The Morgan fingerprint density at radius 3 is 2.27 bits per heavy atom. The quantitative estimate of drug-likeness (QED) is 0.727. The summed E-state index contributed by atoms with van der Waals surface area (Å²) in [6.45, 7) is 0. The number of hydrogen-bond acceptors (Lipinski definition) is 4. The van der Waals surface area contributed by atoms with E-state index < -0.39 is 5.41 Å². The van der Waals surface area contributed by atoms with Crippen LogP contribution in [0.25, 0.3) is 0 Å². The Kier molecular flexibility index (Phi) is 3.70. The van der Waals surface area contributed by atoms with E-state index in [4.69, 9.17) is 4.74 Å². The van der Waals surface area contributed by atoms with Gasteiger partial charge in [0.25, 0.3) is 0 Å². The number of carbonyl (C=O) groups is 1. The molecule has 4 saturated carbocycles. The predicted molar refractivity (Wildman–Crippen MR) is 101 cm³/mol. The number of esters is 1. The molecular weight excluding hydrogens is 342 g/mol. The molecule has 1 aromatic rings. The van der Waals surface area contributed by atoms with Gasteiger partial charge in [-0.3, -0.25) is 4.79 Å². The van der Waals surface area contributed by atoms with Crippen molar-refractivity contribution in [2.75, 3.05) is 12.9 Å². The summed E-state index contributed by atoms with van der Waals surface area (Å²) in [5, 5.41) is 10.5. The molecule has 26 heavy (non-hydrogen) atoms. The number of ether oxygens (including phenoxy) is 1. The second-order valence-electron chi connectivity index (χ2n) is 8.78. The third-order valence-electron chi connectivity index (χ3n) is 7.86. The van der Waals surface area contributed by atoms with E-state index in [0.717, 1.165) is 23.2 Å². The highest BCUT2D eigenvalue weighted by Gasteiger charge is 2.75. The molecule has 1 spiro atoms. The molecule has 5 fully saturated rings. The lowest BCUT2D eigenvalue weighted by Crippen LogP contribution is -2.65. The Morgan fingerprint density at radius 1 is 1.12 bits per heavy atom. The van der Waals surface area contributed by atoms with Crippen LogP contribution in [0.15, 0.2) is 30.3 Å². The van der Waals surface area contributed by atoms with Crippen LogP contribution in [0.1, 0.15) is 43.6 Å². The summed E-state index contributed by atoms with van der Waals surface area (Å²) in [5.74, 6) is 3.05. The molecule has 1 saturated heterocycles. The van der Waals surface area contributed by atoms with Crippen LogP contribution in [0.4, 0.5) is 0 Å². The highest BCUT2D eigenvalue weighted by atomic mass is 32.2. The molecule has 0 amide bonds. The first kappa shape index (κ1) is 16.7. The lowest BCUT2D eigenvalue weighted by atomic mass is 9.44. The van der Waals surface area contributed by atoms with Crippen molar-refractivity contribution in [1.82, 2.24) is 0 Å². The normalized spacial score (nSPS) is 45.6. The maximum atomic E-state index is 13.3. The summed E-state index contributed by atoms with van der Waals surface area (Å²) >= 11 is 1.94. The fraction of sp³-hybridized carbons (Fsp3) is 0.636. The standard InChI is InChI=1S/C22H25NO2S/c1-25-20(24)21(13-23)19(16-5-3-2-4-6-16)12-26-22(21)17-8-14-7-15(10-17)11-18(22)9-14/h2-6,14-15,17-19H,7-12H2,1H3/t14?,15?,17?,18?,19-,21+,22?/m1/s1. The van der Waals surface area contributed by atoms with Gasteiger partial charge in [-0.05, 0) is 61.3 Å². The molecule has 4 aliphatic carbocycles. The van der Waals surface area contributed by atoms with Crippen molar-refractivity contribution in [3.63, 3.8) is 0 Å². The van der Waals surface area contributed by atoms with Crippen LogP contribution >= 0.6 is 11.8 Å². The van der Waals surface area contributed by atoms with Crippen LogP contribution < -0.4 is 0 Å². The van der Waals surface area contributed by atoms with Crippen molar-refractivity contribution in [3.8, 4) is 6.07 Å². The summed E-state index contributed by atoms with van der Waals surface area (Å²) in [7, 11) is 1.45. The minimum Gasteiger partial charge on any atom is -0.468 e. The van der Waals surface area contributed by atoms with Gasteiger partial charge in [0.2, 0.25) is 0 Å². The van der Waals surface area contributed by atoms with E-state index in [1.165, 1.54) is 39.2 Å². The van der Waals surface area contributed by atoms with E-state index in [-0.39, 0.29) is 16.6 Å². The highest BCUT2D eigenvalue weighted by Crippen LogP contribution is 2.74. The number of rotatable bonds is 2. The molecule has 1 aromatic carbocycles. The minimum absolute atomic E-state index is 0.0799. The van der Waals surface area contributed by atoms with E-state index in [1.54, 1.807) is 0 Å². The molecule has 0 radical (unpaired) electrons. The van der Waals surface area contributed by atoms with Gasteiger partial charge in [-0.1, -0.05) is 30.3 Å². The molecule has 1 aliphatic heterocycles. The number of benzene rings is 1. The topological polar surface area (TPSA) is 50.1 Å². The largest absolute Gasteiger partial charge is 0.468 e. The summed E-state index contributed by atoms with van der Waals surface area (Å²) < 4.78 is 5.08. The first-order valence-electron chi connectivity index (χ1n) is 9.84. The number of hydrogen-bond donors (Lipinski definition) is 0. The average Bonchev–Trinajstić information content (AvgIpc) is 3.02. The zero-order valence-corrected chi connectivity index (χ0v) is 16.0. The molecular formula is C22H25NO2S. The Labute approximate surface area is 159 Å². The van der Waals surface area contributed by atoms with Crippen LogP contribution in [0.2, 0.25) is 0 Å². The van der Waals surface area contributed by atoms with Crippen molar-refractivity contribution in [1.29, 1.82) is 5.26 Å². The van der Waals surface area contributed by atoms with Crippen molar-refractivity contribution in [2.24, 2.45) is 29.1 Å². The van der Waals surface area contributed by atoms with Crippen LogP contribution in [0.3, 0.4) is 0 Å². The van der Waals surface area contributed by atoms with Gasteiger partial charge in [-0.15, -0.1) is 0 Å². The molecule has 4 bridgehead atoms. The zero-order valence-electron chi connectivity index (χ0n) is 15.2. The summed E-state index contributed by atoms with van der Waals surface area (Å²) in [5.41, 5.74) is 0.0498. The second kappa shape index (κ2) is 5.76. The molecule has 4 heteroatoms. The van der Waals surface area contributed by atoms with Crippen LogP contribution in [0.5, 0.6) is 0 Å². The number of thioether (sulfide) groups is 1. The summed E-state index contributed by atoms with van der Waals surface area (Å²) in [6, 6.07) is 12.8. The fourth-order valence-corrected chi connectivity index (χ4v) is 9.44. The van der Waals surface area contributed by atoms with Gasteiger partial charge >= 0.3 is 5.97 Å². The highest BCUT2D eigenvalue weighted by molar-refractivity contribution is 8.01. The second-order valence-corrected chi connectivity index (χ2v) is 10.1. The smallest absolute Gasteiger partial charge is 0.328 e. The van der Waals surface area contributed by atoms with Gasteiger partial charge in [0.1, 0.15) is 0 Å².